The van der Waals surface area contributed by atoms with Crippen LogP contribution in [0.25, 0.3) is 11.3 Å². The van der Waals surface area contributed by atoms with Crippen molar-refractivity contribution in [3.63, 3.8) is 0 Å². The van der Waals surface area contributed by atoms with E-state index in [1.54, 1.807) is 68.8 Å². The standard InChI is InChI=1S/C21H20N2O5S/c1-26-15-6-3-13(4-7-15)20(25)23-21(29)22-14-5-9-18(27-2)17(11-14)19-10-8-16(12-24)28-19/h3-11,24H,12H2,1-2H3,(H2,22,23,25,29). The molecule has 1 aromatic heterocycles. The van der Waals surface area contributed by atoms with E-state index in [9.17, 15) is 9.90 Å². The van der Waals surface area contributed by atoms with E-state index >= 15 is 0 Å². The average Bonchev–Trinajstić information content (AvgIpc) is 3.23. The van der Waals surface area contributed by atoms with Gasteiger partial charge < -0.3 is 24.3 Å². The molecule has 150 valence electrons. The van der Waals surface area contributed by atoms with Crippen molar-refractivity contribution in [1.82, 2.24) is 5.32 Å². The van der Waals surface area contributed by atoms with Gasteiger partial charge in [-0.3, -0.25) is 10.1 Å². The second-order valence-electron chi connectivity index (χ2n) is 5.98. The maximum absolute atomic E-state index is 12.3. The number of aliphatic hydroxyl groups excluding tert-OH is 1. The Morgan fingerprint density at radius 2 is 1.83 bits per heavy atom. The fourth-order valence-electron chi connectivity index (χ4n) is 2.67. The van der Waals surface area contributed by atoms with E-state index < -0.39 is 0 Å². The Hall–Kier alpha value is -3.36. The van der Waals surface area contributed by atoms with E-state index in [1.807, 2.05) is 0 Å². The minimum Gasteiger partial charge on any atom is -0.497 e. The third-order valence-corrected chi connectivity index (χ3v) is 4.32. The topological polar surface area (TPSA) is 93.0 Å². The van der Waals surface area contributed by atoms with Gasteiger partial charge in [-0.05, 0) is 66.8 Å². The van der Waals surface area contributed by atoms with E-state index in [4.69, 9.17) is 26.1 Å². The van der Waals surface area contributed by atoms with Crippen LogP contribution >= 0.6 is 12.2 Å². The zero-order valence-electron chi connectivity index (χ0n) is 15.9. The SMILES string of the molecule is COc1ccc(C(=O)NC(=S)Nc2ccc(OC)c(-c3ccc(CO)o3)c2)cc1. The summed E-state index contributed by atoms with van der Waals surface area (Å²) < 4.78 is 16.1. The third kappa shape index (κ3) is 4.92. The molecule has 0 aliphatic heterocycles. The van der Waals surface area contributed by atoms with E-state index in [-0.39, 0.29) is 17.6 Å². The molecule has 1 heterocycles. The molecule has 3 aromatic rings. The number of benzene rings is 2. The average molecular weight is 412 g/mol. The predicted octanol–water partition coefficient (Wildman–Crippen LogP) is 3.58. The van der Waals surface area contributed by atoms with Crippen LogP contribution in [0.1, 0.15) is 16.1 Å². The molecule has 8 heteroatoms. The summed E-state index contributed by atoms with van der Waals surface area (Å²) in [4.78, 5) is 12.3. The lowest BCUT2D eigenvalue weighted by Crippen LogP contribution is -2.34. The number of amides is 1. The number of aliphatic hydroxyl groups is 1. The Morgan fingerprint density at radius 3 is 2.45 bits per heavy atom. The number of rotatable bonds is 6. The van der Waals surface area contributed by atoms with Crippen LogP contribution in [0, 0.1) is 0 Å². The first kappa shape index (κ1) is 20.4. The van der Waals surface area contributed by atoms with Crippen LogP contribution in [-0.4, -0.2) is 30.3 Å². The van der Waals surface area contributed by atoms with Crippen LogP contribution in [-0.2, 0) is 6.61 Å². The highest BCUT2D eigenvalue weighted by Gasteiger charge is 2.13. The zero-order chi connectivity index (χ0) is 20.8. The number of nitrogens with one attached hydrogen (secondary N) is 2. The highest BCUT2D eigenvalue weighted by Crippen LogP contribution is 2.33. The fourth-order valence-corrected chi connectivity index (χ4v) is 2.88. The summed E-state index contributed by atoms with van der Waals surface area (Å²) in [7, 11) is 3.12. The van der Waals surface area contributed by atoms with Gasteiger partial charge >= 0.3 is 0 Å². The molecular weight excluding hydrogens is 392 g/mol. The van der Waals surface area contributed by atoms with Crippen LogP contribution in [0.2, 0.25) is 0 Å². The van der Waals surface area contributed by atoms with E-state index in [0.717, 1.165) is 0 Å². The zero-order valence-corrected chi connectivity index (χ0v) is 16.7. The lowest BCUT2D eigenvalue weighted by molar-refractivity contribution is 0.0977. The first-order valence-electron chi connectivity index (χ1n) is 8.68. The summed E-state index contributed by atoms with van der Waals surface area (Å²) >= 11 is 5.25. The number of carbonyl (C=O) groups excluding carboxylic acids is 1. The Kier molecular flexibility index (Phi) is 6.48. The Labute approximate surface area is 173 Å². The van der Waals surface area contributed by atoms with Crippen LogP contribution in [0.5, 0.6) is 11.5 Å². The summed E-state index contributed by atoms with van der Waals surface area (Å²) in [6, 6.07) is 15.4. The first-order chi connectivity index (χ1) is 14.0. The van der Waals surface area contributed by atoms with E-state index in [2.05, 4.69) is 10.6 Å². The minimum absolute atomic E-state index is 0.150. The number of furan rings is 1. The van der Waals surface area contributed by atoms with E-state index in [0.29, 0.717) is 39.8 Å². The molecule has 0 unspecified atom stereocenters. The van der Waals surface area contributed by atoms with Gasteiger partial charge in [0.25, 0.3) is 5.91 Å². The summed E-state index contributed by atoms with van der Waals surface area (Å²) in [6.07, 6.45) is 0. The Morgan fingerprint density at radius 1 is 1.07 bits per heavy atom. The van der Waals surface area contributed by atoms with Crippen molar-refractivity contribution < 1.29 is 23.8 Å². The van der Waals surface area contributed by atoms with Crippen molar-refractivity contribution in [2.75, 3.05) is 19.5 Å². The molecule has 3 rings (SSSR count). The molecule has 1 amide bonds. The summed E-state index contributed by atoms with van der Waals surface area (Å²) in [6.45, 7) is -0.193. The van der Waals surface area contributed by atoms with Gasteiger partial charge in [0, 0.05) is 11.3 Å². The summed E-state index contributed by atoms with van der Waals surface area (Å²) in [5.74, 6) is 1.92. The monoisotopic (exact) mass is 412 g/mol. The molecular formula is C21H20N2O5S. The van der Waals surface area contributed by atoms with Gasteiger partial charge in [0.1, 0.15) is 29.6 Å². The normalized spacial score (nSPS) is 10.3. The number of methoxy groups -OCH3 is 2. The number of thiocarbonyl (C=S) groups is 1. The minimum atomic E-state index is -0.336. The Bertz CT molecular complexity index is 1010. The fraction of sp³-hybridized carbons (Fsp3) is 0.143. The van der Waals surface area contributed by atoms with Gasteiger partial charge in [0.15, 0.2) is 5.11 Å². The molecule has 7 nitrogen and oxygen atoms in total. The number of carbonyl (C=O) groups is 1. The van der Waals surface area contributed by atoms with Gasteiger partial charge in [-0.25, -0.2) is 0 Å². The van der Waals surface area contributed by atoms with Crippen molar-refractivity contribution in [2.24, 2.45) is 0 Å². The van der Waals surface area contributed by atoms with Crippen molar-refractivity contribution >= 4 is 28.9 Å². The van der Waals surface area contributed by atoms with Gasteiger partial charge in [-0.1, -0.05) is 0 Å². The largest absolute Gasteiger partial charge is 0.497 e. The maximum atomic E-state index is 12.3. The van der Waals surface area contributed by atoms with Crippen molar-refractivity contribution in [2.45, 2.75) is 6.61 Å². The lowest BCUT2D eigenvalue weighted by Gasteiger charge is -2.12. The third-order valence-electron chi connectivity index (χ3n) is 4.12. The lowest BCUT2D eigenvalue weighted by atomic mass is 10.1. The van der Waals surface area contributed by atoms with Crippen molar-refractivity contribution in [3.8, 4) is 22.8 Å². The molecule has 0 saturated carbocycles. The molecule has 0 aliphatic carbocycles. The highest BCUT2D eigenvalue weighted by molar-refractivity contribution is 7.80. The van der Waals surface area contributed by atoms with Crippen molar-refractivity contribution in [3.05, 3.63) is 65.9 Å². The predicted molar refractivity (Wildman–Crippen MR) is 113 cm³/mol. The molecule has 3 N–H and O–H groups in total. The first-order valence-corrected chi connectivity index (χ1v) is 9.09. The van der Waals surface area contributed by atoms with Crippen LogP contribution in [0.3, 0.4) is 0 Å². The second-order valence-corrected chi connectivity index (χ2v) is 6.38. The quantitative estimate of drug-likeness (QED) is 0.533. The van der Waals surface area contributed by atoms with Gasteiger partial charge in [-0.2, -0.15) is 0 Å². The van der Waals surface area contributed by atoms with Gasteiger partial charge in [0.05, 0.1) is 19.8 Å². The highest BCUT2D eigenvalue weighted by atomic mass is 32.1. The van der Waals surface area contributed by atoms with Gasteiger partial charge in [0.2, 0.25) is 0 Å². The van der Waals surface area contributed by atoms with Crippen molar-refractivity contribution in [1.29, 1.82) is 0 Å². The van der Waals surface area contributed by atoms with Crippen LogP contribution in [0.15, 0.2) is 59.0 Å². The number of hydrogen-bond donors (Lipinski definition) is 3. The molecule has 29 heavy (non-hydrogen) atoms. The second kappa shape index (κ2) is 9.22. The van der Waals surface area contributed by atoms with E-state index in [1.165, 1.54) is 0 Å². The maximum Gasteiger partial charge on any atom is 0.257 e. The molecule has 0 saturated heterocycles. The Balaban J connectivity index is 1.72. The van der Waals surface area contributed by atoms with Crippen LogP contribution in [0.4, 0.5) is 5.69 Å². The molecule has 0 fully saturated rings. The van der Waals surface area contributed by atoms with Gasteiger partial charge in [-0.15, -0.1) is 0 Å². The molecule has 0 radical (unpaired) electrons. The molecule has 2 aromatic carbocycles. The number of hydrogen-bond acceptors (Lipinski definition) is 6. The molecule has 0 atom stereocenters. The smallest absolute Gasteiger partial charge is 0.257 e. The molecule has 0 bridgehead atoms. The molecule has 0 spiro atoms. The number of ether oxygens (including phenoxy) is 2. The summed E-state index contributed by atoms with van der Waals surface area (Å²) in [5.41, 5.74) is 1.78. The summed E-state index contributed by atoms with van der Waals surface area (Å²) in [5, 5.41) is 15.0. The number of anilines is 1. The molecule has 0 aliphatic rings. The van der Waals surface area contributed by atoms with Crippen LogP contribution < -0.4 is 20.1 Å².